The molecule has 1 rings (SSSR count). The molecule has 0 saturated carbocycles. The van der Waals surface area contributed by atoms with Crippen molar-refractivity contribution in [3.05, 3.63) is 23.8 Å². The van der Waals surface area contributed by atoms with E-state index in [0.717, 1.165) is 24.8 Å². The molecule has 3 N–H and O–H groups in total. The van der Waals surface area contributed by atoms with Gasteiger partial charge in [0.25, 0.3) is 0 Å². The number of hydrogen-bond donors (Lipinski definition) is 2. The van der Waals surface area contributed by atoms with Crippen LogP contribution in [-0.2, 0) is 15.6 Å². The summed E-state index contributed by atoms with van der Waals surface area (Å²) in [6, 6.07) is 5.28. The predicted octanol–water partition coefficient (Wildman–Crippen LogP) is 2.38. The highest BCUT2D eigenvalue weighted by molar-refractivity contribution is 7.86. The highest BCUT2D eigenvalue weighted by atomic mass is 32.2. The van der Waals surface area contributed by atoms with Crippen molar-refractivity contribution in [2.24, 2.45) is 0 Å². The van der Waals surface area contributed by atoms with E-state index >= 15 is 0 Å². The smallest absolute Gasteiger partial charge is 0.235 e. The lowest BCUT2D eigenvalue weighted by Crippen LogP contribution is -2.36. The fraction of sp³-hybridized carbons (Fsp3) is 0.533. The van der Waals surface area contributed by atoms with Crippen molar-refractivity contribution in [2.75, 3.05) is 12.3 Å². The van der Waals surface area contributed by atoms with E-state index < -0.39 is 16.0 Å². The second-order valence-corrected chi connectivity index (χ2v) is 6.70. The van der Waals surface area contributed by atoms with Gasteiger partial charge in [-0.25, -0.2) is 0 Å². The Kier molecular flexibility index (Phi) is 6.71. The van der Waals surface area contributed by atoms with Crippen molar-refractivity contribution in [3.63, 3.8) is 0 Å². The molecule has 0 aromatic heterocycles. The van der Waals surface area contributed by atoms with Gasteiger partial charge in [-0.2, -0.15) is 0 Å². The Hall–Kier alpha value is -1.36. The van der Waals surface area contributed by atoms with Crippen molar-refractivity contribution in [1.82, 2.24) is 5.32 Å². The lowest BCUT2D eigenvalue weighted by Gasteiger charge is -2.14. The highest BCUT2D eigenvalue weighted by Crippen LogP contribution is 2.19. The van der Waals surface area contributed by atoms with Crippen LogP contribution in [0.25, 0.3) is 0 Å². The molecule has 0 saturated heterocycles. The number of nitrogens with two attached hydrogens (primary N) is 1. The number of aryl methyl sites for hydroxylation is 1. The monoisotopic (exact) mass is 296 g/mol. The first kappa shape index (κ1) is 16.7. The van der Waals surface area contributed by atoms with Gasteiger partial charge in [0.2, 0.25) is 5.91 Å². The Balaban J connectivity index is 2.66. The first-order chi connectivity index (χ1) is 9.47. The van der Waals surface area contributed by atoms with Gasteiger partial charge in [-0.3, -0.25) is 9.00 Å². The lowest BCUT2D eigenvalue weighted by molar-refractivity contribution is -0.120. The Morgan fingerprint density at radius 2 is 2.10 bits per heavy atom. The van der Waals surface area contributed by atoms with E-state index in [2.05, 4.69) is 12.2 Å². The van der Waals surface area contributed by atoms with Gasteiger partial charge in [-0.1, -0.05) is 25.8 Å². The Morgan fingerprint density at radius 3 is 2.75 bits per heavy atom. The molecule has 1 amide bonds. The number of nitrogens with one attached hydrogen (secondary N) is 1. The molecule has 0 aliphatic heterocycles. The standard InChI is InChI=1S/C15H24N2O2S/c1-4-5-6-9-17-15(18)12(3)20(19)14-10-13(16)8-7-11(14)2/h7-8,10,12H,4-6,9,16H2,1-3H3,(H,17,18). The van der Waals surface area contributed by atoms with Crippen molar-refractivity contribution in [1.29, 1.82) is 0 Å². The summed E-state index contributed by atoms with van der Waals surface area (Å²) in [5.74, 6) is -0.165. The summed E-state index contributed by atoms with van der Waals surface area (Å²) in [6.07, 6.45) is 3.16. The minimum atomic E-state index is -1.38. The highest BCUT2D eigenvalue weighted by Gasteiger charge is 2.22. The number of unbranched alkanes of at least 4 members (excludes halogenated alkanes) is 2. The van der Waals surface area contributed by atoms with E-state index in [1.807, 2.05) is 13.0 Å². The molecule has 112 valence electrons. The fourth-order valence-electron chi connectivity index (χ4n) is 1.85. The minimum absolute atomic E-state index is 0.165. The summed E-state index contributed by atoms with van der Waals surface area (Å²) < 4.78 is 12.4. The van der Waals surface area contributed by atoms with Gasteiger partial charge in [-0.15, -0.1) is 0 Å². The van der Waals surface area contributed by atoms with Crippen LogP contribution < -0.4 is 11.1 Å². The first-order valence-electron chi connectivity index (χ1n) is 7.01. The number of nitrogen functional groups attached to an aromatic ring is 1. The van der Waals surface area contributed by atoms with Gasteiger partial charge in [-0.05, 0) is 38.0 Å². The summed E-state index contributed by atoms with van der Waals surface area (Å²) in [6.45, 7) is 6.32. The van der Waals surface area contributed by atoms with Crippen LogP contribution in [0.15, 0.2) is 23.1 Å². The number of benzene rings is 1. The normalized spacial score (nSPS) is 13.8. The third kappa shape index (κ3) is 4.63. The Labute approximate surface area is 123 Å². The maximum atomic E-state index is 12.4. The van der Waals surface area contributed by atoms with Crippen molar-refractivity contribution in [3.8, 4) is 0 Å². The molecule has 0 aliphatic rings. The molecule has 2 unspecified atom stereocenters. The maximum absolute atomic E-state index is 12.4. The van der Waals surface area contributed by atoms with Gasteiger partial charge in [0.05, 0.1) is 10.8 Å². The molecular formula is C15H24N2O2S. The Morgan fingerprint density at radius 1 is 1.40 bits per heavy atom. The van der Waals surface area contributed by atoms with E-state index in [0.29, 0.717) is 17.1 Å². The predicted molar refractivity (Wildman–Crippen MR) is 84.0 cm³/mol. The molecule has 20 heavy (non-hydrogen) atoms. The fourth-order valence-corrected chi connectivity index (χ4v) is 3.15. The topological polar surface area (TPSA) is 72.2 Å². The molecule has 0 aliphatic carbocycles. The maximum Gasteiger partial charge on any atom is 0.235 e. The Bertz CT molecular complexity index is 489. The molecule has 4 nitrogen and oxygen atoms in total. The van der Waals surface area contributed by atoms with Crippen LogP contribution in [0.3, 0.4) is 0 Å². The van der Waals surface area contributed by atoms with Crippen LogP contribution in [-0.4, -0.2) is 21.9 Å². The van der Waals surface area contributed by atoms with Crippen molar-refractivity contribution in [2.45, 2.75) is 50.2 Å². The molecule has 2 atom stereocenters. The summed E-state index contributed by atoms with van der Waals surface area (Å²) in [7, 11) is -1.38. The van der Waals surface area contributed by atoms with Gasteiger partial charge in [0.15, 0.2) is 0 Å². The second kappa shape index (κ2) is 8.04. The zero-order valence-electron chi connectivity index (χ0n) is 12.4. The van der Waals surface area contributed by atoms with Crippen LogP contribution in [0, 0.1) is 6.92 Å². The zero-order valence-corrected chi connectivity index (χ0v) is 13.3. The van der Waals surface area contributed by atoms with Gasteiger partial charge in [0.1, 0.15) is 5.25 Å². The average molecular weight is 296 g/mol. The van der Waals surface area contributed by atoms with Crippen LogP contribution in [0.1, 0.15) is 38.7 Å². The minimum Gasteiger partial charge on any atom is -0.399 e. The molecule has 0 bridgehead atoms. The molecule has 1 aromatic carbocycles. The molecule has 0 spiro atoms. The van der Waals surface area contributed by atoms with Crippen LogP contribution in [0.5, 0.6) is 0 Å². The average Bonchev–Trinajstić information content (AvgIpc) is 2.44. The van der Waals surface area contributed by atoms with Crippen molar-refractivity contribution < 1.29 is 9.00 Å². The number of rotatable bonds is 7. The number of carbonyl (C=O) groups excluding carboxylic acids is 1. The molecule has 0 fully saturated rings. The van der Waals surface area contributed by atoms with Crippen LogP contribution in [0.2, 0.25) is 0 Å². The molecule has 0 radical (unpaired) electrons. The van der Waals surface area contributed by atoms with Gasteiger partial charge >= 0.3 is 0 Å². The number of hydrogen-bond acceptors (Lipinski definition) is 3. The van der Waals surface area contributed by atoms with E-state index in [1.165, 1.54) is 0 Å². The lowest BCUT2D eigenvalue weighted by atomic mass is 10.2. The van der Waals surface area contributed by atoms with E-state index in [9.17, 15) is 9.00 Å². The molecular weight excluding hydrogens is 272 g/mol. The molecule has 5 heteroatoms. The summed E-state index contributed by atoms with van der Waals surface area (Å²) >= 11 is 0. The molecule has 1 aromatic rings. The summed E-state index contributed by atoms with van der Waals surface area (Å²) in [5.41, 5.74) is 7.18. The SMILES string of the molecule is CCCCCNC(=O)C(C)S(=O)c1cc(N)ccc1C. The van der Waals surface area contributed by atoms with E-state index in [1.54, 1.807) is 19.1 Å². The van der Waals surface area contributed by atoms with Crippen LogP contribution in [0.4, 0.5) is 5.69 Å². The summed E-state index contributed by atoms with van der Waals surface area (Å²) in [5, 5.41) is 2.27. The number of anilines is 1. The van der Waals surface area contributed by atoms with Gasteiger partial charge < -0.3 is 11.1 Å². The summed E-state index contributed by atoms with van der Waals surface area (Å²) in [4.78, 5) is 12.6. The van der Waals surface area contributed by atoms with Gasteiger partial charge in [0, 0.05) is 17.1 Å². The number of carbonyl (C=O) groups is 1. The zero-order chi connectivity index (χ0) is 15.1. The van der Waals surface area contributed by atoms with E-state index in [-0.39, 0.29) is 5.91 Å². The molecule has 0 heterocycles. The largest absolute Gasteiger partial charge is 0.399 e. The second-order valence-electron chi connectivity index (χ2n) is 4.96. The first-order valence-corrected chi connectivity index (χ1v) is 8.23. The third-order valence-corrected chi connectivity index (χ3v) is 4.93. The van der Waals surface area contributed by atoms with Crippen LogP contribution >= 0.6 is 0 Å². The third-order valence-electron chi connectivity index (χ3n) is 3.20. The number of amides is 1. The van der Waals surface area contributed by atoms with Crippen molar-refractivity contribution >= 4 is 22.4 Å². The van der Waals surface area contributed by atoms with E-state index in [4.69, 9.17) is 5.73 Å². The quantitative estimate of drug-likeness (QED) is 0.599.